The first-order valence-corrected chi connectivity index (χ1v) is 9.66. The van der Waals surface area contributed by atoms with Crippen molar-refractivity contribution < 1.29 is 9.53 Å². The van der Waals surface area contributed by atoms with Crippen LogP contribution in [-0.4, -0.2) is 24.0 Å². The summed E-state index contributed by atoms with van der Waals surface area (Å²) in [6.45, 7) is 7.47. The van der Waals surface area contributed by atoms with E-state index in [1.165, 1.54) is 0 Å². The van der Waals surface area contributed by atoms with Gasteiger partial charge in [0.2, 0.25) is 11.8 Å². The quantitative estimate of drug-likeness (QED) is 0.363. The van der Waals surface area contributed by atoms with E-state index < -0.39 is 0 Å². The molecule has 0 aliphatic rings. The molecular formula is C23H30N2O2. The molecule has 1 aromatic carbocycles. The summed E-state index contributed by atoms with van der Waals surface area (Å²) in [5.74, 6) is 1.11. The third-order valence-corrected chi connectivity index (χ3v) is 4.01. The third-order valence-electron chi connectivity index (χ3n) is 4.01. The molecule has 1 aromatic heterocycles. The van der Waals surface area contributed by atoms with Crippen LogP contribution in [0, 0.1) is 5.92 Å². The Balaban J connectivity index is 1.63. The van der Waals surface area contributed by atoms with Gasteiger partial charge in [-0.15, -0.1) is 0 Å². The van der Waals surface area contributed by atoms with Crippen LogP contribution in [0.15, 0.2) is 60.2 Å². The minimum absolute atomic E-state index is 0.0258. The molecule has 0 unspecified atom stereocenters. The zero-order valence-corrected chi connectivity index (χ0v) is 16.6. The van der Waals surface area contributed by atoms with Crippen molar-refractivity contribution in [3.63, 3.8) is 0 Å². The van der Waals surface area contributed by atoms with Crippen molar-refractivity contribution >= 4 is 16.8 Å². The largest absolute Gasteiger partial charge is 0.478 e. The molecule has 0 bridgehead atoms. The fraction of sp³-hybridized carbons (Fsp3) is 0.391. The minimum atomic E-state index is -0.0258. The fourth-order valence-electron chi connectivity index (χ4n) is 2.55. The van der Waals surface area contributed by atoms with Crippen LogP contribution in [0.1, 0.15) is 40.0 Å². The summed E-state index contributed by atoms with van der Waals surface area (Å²) < 4.78 is 5.74. The lowest BCUT2D eigenvalue weighted by molar-refractivity contribution is -0.116. The number of hydrogen-bond donors (Lipinski definition) is 1. The number of nitrogens with zero attached hydrogens (tertiary/aromatic N) is 1. The van der Waals surface area contributed by atoms with Gasteiger partial charge in [-0.05, 0) is 49.8 Å². The molecule has 1 amide bonds. The SMILES string of the molecule is CC(C=CCCCCOc1ccc2ccccc2n1)=CC(=O)NCC(C)C. The Bertz CT molecular complexity index is 794. The number of pyridine rings is 1. The maximum atomic E-state index is 11.7. The van der Waals surface area contributed by atoms with E-state index in [4.69, 9.17) is 4.74 Å². The number of benzene rings is 1. The van der Waals surface area contributed by atoms with Gasteiger partial charge in [0.15, 0.2) is 0 Å². The second-order valence-electron chi connectivity index (χ2n) is 7.12. The molecule has 27 heavy (non-hydrogen) atoms. The monoisotopic (exact) mass is 366 g/mol. The van der Waals surface area contributed by atoms with Gasteiger partial charge in [0.05, 0.1) is 12.1 Å². The summed E-state index contributed by atoms with van der Waals surface area (Å²) in [7, 11) is 0. The molecule has 144 valence electrons. The van der Waals surface area contributed by atoms with Crippen molar-refractivity contribution in [2.45, 2.75) is 40.0 Å². The van der Waals surface area contributed by atoms with Crippen LogP contribution in [-0.2, 0) is 4.79 Å². The number of para-hydroxylation sites is 1. The Hall–Kier alpha value is -2.62. The average Bonchev–Trinajstić information content (AvgIpc) is 2.65. The van der Waals surface area contributed by atoms with Gasteiger partial charge in [0.1, 0.15) is 0 Å². The van der Waals surface area contributed by atoms with Crippen LogP contribution in [0.25, 0.3) is 10.9 Å². The van der Waals surface area contributed by atoms with Crippen LogP contribution < -0.4 is 10.1 Å². The first-order chi connectivity index (χ1) is 13.0. The van der Waals surface area contributed by atoms with Gasteiger partial charge in [-0.3, -0.25) is 4.79 Å². The lowest BCUT2D eigenvalue weighted by Gasteiger charge is -2.06. The highest BCUT2D eigenvalue weighted by atomic mass is 16.5. The van der Waals surface area contributed by atoms with E-state index in [-0.39, 0.29) is 5.91 Å². The van der Waals surface area contributed by atoms with Gasteiger partial charge in [0.25, 0.3) is 0 Å². The number of ether oxygens (including phenoxy) is 1. The average molecular weight is 367 g/mol. The molecule has 1 N–H and O–H groups in total. The summed E-state index contributed by atoms with van der Waals surface area (Å²) in [5.41, 5.74) is 1.92. The van der Waals surface area contributed by atoms with Gasteiger partial charge >= 0.3 is 0 Å². The zero-order chi connectivity index (χ0) is 19.5. The number of amides is 1. The van der Waals surface area contributed by atoms with Crippen molar-refractivity contribution in [3.8, 4) is 5.88 Å². The molecule has 0 radical (unpaired) electrons. The number of unbranched alkanes of at least 4 members (excludes halogenated alkanes) is 2. The van der Waals surface area contributed by atoms with Gasteiger partial charge < -0.3 is 10.1 Å². The summed E-state index contributed by atoms with van der Waals surface area (Å²) in [6.07, 6.45) is 8.73. The van der Waals surface area contributed by atoms with Gasteiger partial charge in [-0.2, -0.15) is 0 Å². The van der Waals surface area contributed by atoms with Crippen LogP contribution in [0.3, 0.4) is 0 Å². The second-order valence-corrected chi connectivity index (χ2v) is 7.12. The summed E-state index contributed by atoms with van der Waals surface area (Å²) >= 11 is 0. The van der Waals surface area contributed by atoms with Gasteiger partial charge in [-0.1, -0.05) is 44.2 Å². The molecule has 4 heteroatoms. The van der Waals surface area contributed by atoms with Crippen LogP contribution in [0.4, 0.5) is 0 Å². The number of fused-ring (bicyclic) bond motifs is 1. The number of hydrogen-bond acceptors (Lipinski definition) is 3. The molecule has 0 fully saturated rings. The molecule has 4 nitrogen and oxygen atoms in total. The molecule has 0 saturated carbocycles. The van der Waals surface area contributed by atoms with E-state index in [1.807, 2.05) is 49.4 Å². The van der Waals surface area contributed by atoms with Crippen molar-refractivity contribution in [1.29, 1.82) is 0 Å². The third kappa shape index (κ3) is 8.07. The number of nitrogens with one attached hydrogen (secondary N) is 1. The highest BCUT2D eigenvalue weighted by Gasteiger charge is 1.99. The number of rotatable bonds is 10. The van der Waals surface area contributed by atoms with E-state index in [9.17, 15) is 4.79 Å². The lowest BCUT2D eigenvalue weighted by atomic mass is 10.2. The van der Waals surface area contributed by atoms with Crippen molar-refractivity contribution in [2.75, 3.05) is 13.2 Å². The van der Waals surface area contributed by atoms with Crippen LogP contribution in [0.2, 0.25) is 0 Å². The molecule has 2 aromatic rings. The predicted octanol–water partition coefficient (Wildman–Crippen LogP) is 5.06. The first-order valence-electron chi connectivity index (χ1n) is 9.66. The van der Waals surface area contributed by atoms with Crippen molar-refractivity contribution in [2.24, 2.45) is 5.92 Å². The van der Waals surface area contributed by atoms with Crippen LogP contribution in [0.5, 0.6) is 5.88 Å². The molecule has 2 rings (SSSR count). The maximum absolute atomic E-state index is 11.7. The molecule has 0 aliphatic heterocycles. The van der Waals surface area contributed by atoms with Crippen LogP contribution >= 0.6 is 0 Å². The molecule has 0 aliphatic carbocycles. The van der Waals surface area contributed by atoms with E-state index in [2.05, 4.69) is 30.2 Å². The molecule has 0 saturated heterocycles. The summed E-state index contributed by atoms with van der Waals surface area (Å²) in [5, 5.41) is 4.01. The summed E-state index contributed by atoms with van der Waals surface area (Å²) in [4.78, 5) is 16.2. The number of allylic oxidation sites excluding steroid dienone is 3. The Morgan fingerprint density at radius 2 is 2.00 bits per heavy atom. The van der Waals surface area contributed by atoms with E-state index >= 15 is 0 Å². The molecule has 0 spiro atoms. The molecule has 0 atom stereocenters. The Morgan fingerprint density at radius 1 is 1.19 bits per heavy atom. The van der Waals surface area contributed by atoms with Crippen molar-refractivity contribution in [1.82, 2.24) is 10.3 Å². The van der Waals surface area contributed by atoms with E-state index in [0.29, 0.717) is 24.9 Å². The number of carbonyl (C=O) groups excluding carboxylic acids is 1. The summed E-state index contributed by atoms with van der Waals surface area (Å²) in [6, 6.07) is 12.0. The normalized spacial score (nSPS) is 12.1. The zero-order valence-electron chi connectivity index (χ0n) is 16.6. The van der Waals surface area contributed by atoms with E-state index in [0.717, 1.165) is 35.7 Å². The van der Waals surface area contributed by atoms with Gasteiger partial charge in [0, 0.05) is 24.1 Å². The first kappa shape index (κ1) is 20.7. The maximum Gasteiger partial charge on any atom is 0.244 e. The fourth-order valence-corrected chi connectivity index (χ4v) is 2.55. The Morgan fingerprint density at radius 3 is 2.81 bits per heavy atom. The second kappa shape index (κ2) is 11.2. The van der Waals surface area contributed by atoms with Gasteiger partial charge in [-0.25, -0.2) is 4.98 Å². The number of carbonyl (C=O) groups is 1. The predicted molar refractivity (Wildman–Crippen MR) is 112 cm³/mol. The topological polar surface area (TPSA) is 51.2 Å². The molecular weight excluding hydrogens is 336 g/mol. The minimum Gasteiger partial charge on any atom is -0.478 e. The lowest BCUT2D eigenvalue weighted by Crippen LogP contribution is -2.25. The highest BCUT2D eigenvalue weighted by molar-refractivity contribution is 5.88. The smallest absolute Gasteiger partial charge is 0.244 e. The Labute approximate surface area is 162 Å². The number of aromatic nitrogens is 1. The van der Waals surface area contributed by atoms with E-state index in [1.54, 1.807) is 6.08 Å². The molecule has 1 heterocycles. The highest BCUT2D eigenvalue weighted by Crippen LogP contribution is 2.16. The Kier molecular flexibility index (Phi) is 8.56. The standard InChI is InChI=1S/C23H30N2O2/c1-18(2)17-24-22(26)16-19(3)10-6-4-5-9-15-27-23-14-13-20-11-7-8-12-21(20)25-23/h6-8,10-14,16,18H,4-5,9,15,17H2,1-3H3,(H,24,26). The van der Waals surface area contributed by atoms with Crippen molar-refractivity contribution in [3.05, 3.63) is 60.2 Å².